The molecule has 1 rings (SSSR count). The molecule has 0 aromatic carbocycles. The molecule has 7 nitrogen and oxygen atoms in total. The summed E-state index contributed by atoms with van der Waals surface area (Å²) in [5, 5.41) is 5.88. The van der Waals surface area contributed by atoms with Gasteiger partial charge in [-0.25, -0.2) is 13.1 Å². The molecule has 8 heteroatoms. The molecule has 1 saturated heterocycles. The van der Waals surface area contributed by atoms with Crippen molar-refractivity contribution >= 4 is 15.9 Å². The highest BCUT2D eigenvalue weighted by molar-refractivity contribution is 7.89. The average Bonchev–Trinajstić information content (AvgIpc) is 2.78. The number of amides is 1. The van der Waals surface area contributed by atoms with Crippen LogP contribution in [0, 0.1) is 0 Å². The Kier molecular flexibility index (Phi) is 6.70. The quantitative estimate of drug-likeness (QED) is 0.523. The summed E-state index contributed by atoms with van der Waals surface area (Å²) in [7, 11) is -3.46. The van der Waals surface area contributed by atoms with Crippen molar-refractivity contribution in [3.05, 3.63) is 0 Å². The van der Waals surface area contributed by atoms with Gasteiger partial charge in [0.25, 0.3) is 0 Å². The molecule has 112 valence electrons. The van der Waals surface area contributed by atoms with Crippen LogP contribution in [0.25, 0.3) is 0 Å². The first-order chi connectivity index (χ1) is 8.89. The first kappa shape index (κ1) is 16.4. The zero-order chi connectivity index (χ0) is 14.3. The van der Waals surface area contributed by atoms with E-state index in [1.165, 1.54) is 0 Å². The lowest BCUT2D eigenvalue weighted by Gasteiger charge is -2.12. The third-order valence-electron chi connectivity index (χ3n) is 2.68. The molecule has 1 fully saturated rings. The number of hydrogen-bond donors (Lipinski definition) is 3. The summed E-state index contributed by atoms with van der Waals surface area (Å²) < 4.78 is 30.6. The van der Waals surface area contributed by atoms with Crippen LogP contribution >= 0.6 is 0 Å². The maximum atomic E-state index is 11.6. The van der Waals surface area contributed by atoms with Gasteiger partial charge >= 0.3 is 0 Å². The maximum absolute atomic E-state index is 11.6. The Morgan fingerprint density at radius 1 is 1.47 bits per heavy atom. The molecule has 1 atom stereocenters. The van der Waals surface area contributed by atoms with E-state index in [2.05, 4.69) is 15.4 Å². The number of hydrogen-bond acceptors (Lipinski definition) is 5. The van der Waals surface area contributed by atoms with E-state index >= 15 is 0 Å². The summed E-state index contributed by atoms with van der Waals surface area (Å²) in [6.07, 6.45) is 0.870. The summed E-state index contributed by atoms with van der Waals surface area (Å²) in [5.41, 5.74) is 0. The van der Waals surface area contributed by atoms with Gasteiger partial charge in [-0.05, 0) is 26.8 Å². The van der Waals surface area contributed by atoms with Gasteiger partial charge in [0, 0.05) is 12.6 Å². The predicted molar refractivity (Wildman–Crippen MR) is 72.3 cm³/mol. The van der Waals surface area contributed by atoms with Crippen molar-refractivity contribution in [1.29, 1.82) is 0 Å². The molecule has 1 aliphatic rings. The van der Waals surface area contributed by atoms with E-state index < -0.39 is 10.0 Å². The van der Waals surface area contributed by atoms with E-state index in [0.29, 0.717) is 0 Å². The van der Waals surface area contributed by atoms with Crippen LogP contribution in [0.4, 0.5) is 0 Å². The zero-order valence-electron chi connectivity index (χ0n) is 11.4. The van der Waals surface area contributed by atoms with E-state index in [1.54, 1.807) is 0 Å². The smallest absolute Gasteiger partial charge is 0.235 e. The van der Waals surface area contributed by atoms with Gasteiger partial charge in [0.2, 0.25) is 15.9 Å². The molecular formula is C11H23N3O4S. The van der Waals surface area contributed by atoms with Crippen LogP contribution in [0.5, 0.6) is 0 Å². The molecule has 0 spiro atoms. The molecule has 0 radical (unpaired) electrons. The lowest BCUT2D eigenvalue weighted by atomic mass is 10.2. The average molecular weight is 293 g/mol. The topological polar surface area (TPSA) is 96.5 Å². The standard InChI is InChI=1S/C11H23N3O4S/c1-9(2)18-5-6-19(16,17)13-8-11(15)14-10-3-4-12-7-10/h9-10,12-13H,3-8H2,1-2H3,(H,14,15). The largest absolute Gasteiger partial charge is 0.378 e. The minimum absolute atomic E-state index is 0.00614. The number of nitrogens with one attached hydrogen (secondary N) is 3. The SMILES string of the molecule is CC(C)OCCS(=O)(=O)NCC(=O)NC1CCNC1. The number of ether oxygens (including phenoxy) is 1. The van der Waals surface area contributed by atoms with Crippen molar-refractivity contribution in [2.75, 3.05) is 32.0 Å². The van der Waals surface area contributed by atoms with E-state index in [-0.39, 0.29) is 37.0 Å². The van der Waals surface area contributed by atoms with Gasteiger partial charge < -0.3 is 15.4 Å². The number of carbonyl (C=O) groups excluding carboxylic acids is 1. The lowest BCUT2D eigenvalue weighted by Crippen LogP contribution is -2.43. The van der Waals surface area contributed by atoms with Crippen LogP contribution in [-0.2, 0) is 19.6 Å². The van der Waals surface area contributed by atoms with E-state index in [0.717, 1.165) is 19.5 Å². The van der Waals surface area contributed by atoms with E-state index in [4.69, 9.17) is 4.74 Å². The van der Waals surface area contributed by atoms with Gasteiger partial charge in [0.1, 0.15) is 0 Å². The van der Waals surface area contributed by atoms with E-state index in [9.17, 15) is 13.2 Å². The summed E-state index contributed by atoms with van der Waals surface area (Å²) in [5.74, 6) is -0.439. The first-order valence-electron chi connectivity index (χ1n) is 6.48. The fraction of sp³-hybridized carbons (Fsp3) is 0.909. The molecule has 0 aromatic rings. The minimum atomic E-state index is -3.46. The van der Waals surface area contributed by atoms with Crippen LogP contribution < -0.4 is 15.4 Å². The van der Waals surface area contributed by atoms with Crippen molar-refractivity contribution in [3.63, 3.8) is 0 Å². The van der Waals surface area contributed by atoms with Crippen molar-refractivity contribution in [2.24, 2.45) is 0 Å². The second-order valence-electron chi connectivity index (χ2n) is 4.82. The maximum Gasteiger partial charge on any atom is 0.235 e. The zero-order valence-corrected chi connectivity index (χ0v) is 12.3. The van der Waals surface area contributed by atoms with Gasteiger partial charge in [-0.2, -0.15) is 0 Å². The Hall–Kier alpha value is -0.700. The second-order valence-corrected chi connectivity index (χ2v) is 6.74. The molecule has 0 aromatic heterocycles. The van der Waals surface area contributed by atoms with Crippen LogP contribution in [0.1, 0.15) is 20.3 Å². The number of rotatable bonds is 8. The normalized spacial score (nSPS) is 19.8. The Morgan fingerprint density at radius 2 is 2.21 bits per heavy atom. The van der Waals surface area contributed by atoms with Crippen molar-refractivity contribution < 1.29 is 17.9 Å². The Bertz CT molecular complexity index is 377. The minimum Gasteiger partial charge on any atom is -0.378 e. The molecule has 1 aliphatic heterocycles. The van der Waals surface area contributed by atoms with Gasteiger partial charge in [-0.1, -0.05) is 0 Å². The lowest BCUT2D eigenvalue weighted by molar-refractivity contribution is -0.120. The highest BCUT2D eigenvalue weighted by Gasteiger charge is 2.18. The summed E-state index contributed by atoms with van der Waals surface area (Å²) in [6, 6.07) is 0.0984. The predicted octanol–water partition coefficient (Wildman–Crippen LogP) is -1.19. The van der Waals surface area contributed by atoms with Crippen LogP contribution in [-0.4, -0.2) is 58.5 Å². The third kappa shape index (κ3) is 7.46. The first-order valence-corrected chi connectivity index (χ1v) is 8.13. The van der Waals surface area contributed by atoms with E-state index in [1.807, 2.05) is 13.8 Å². The van der Waals surface area contributed by atoms with Crippen molar-refractivity contribution in [3.8, 4) is 0 Å². The molecule has 1 unspecified atom stereocenters. The van der Waals surface area contributed by atoms with Gasteiger partial charge in [-0.3, -0.25) is 4.79 Å². The molecular weight excluding hydrogens is 270 g/mol. The van der Waals surface area contributed by atoms with Gasteiger partial charge in [0.05, 0.1) is 25.0 Å². The highest BCUT2D eigenvalue weighted by atomic mass is 32.2. The molecule has 1 heterocycles. The molecule has 19 heavy (non-hydrogen) atoms. The van der Waals surface area contributed by atoms with Gasteiger partial charge in [-0.15, -0.1) is 0 Å². The monoisotopic (exact) mass is 293 g/mol. The fourth-order valence-electron chi connectivity index (χ4n) is 1.70. The number of sulfonamides is 1. The second kappa shape index (κ2) is 7.78. The highest BCUT2D eigenvalue weighted by Crippen LogP contribution is 1.96. The van der Waals surface area contributed by atoms with Gasteiger partial charge in [0.15, 0.2) is 0 Å². The summed E-state index contributed by atoms with van der Waals surface area (Å²) in [6.45, 7) is 5.19. The summed E-state index contributed by atoms with van der Waals surface area (Å²) >= 11 is 0. The molecule has 0 bridgehead atoms. The summed E-state index contributed by atoms with van der Waals surface area (Å²) in [4.78, 5) is 11.5. The molecule has 0 saturated carbocycles. The molecule has 3 N–H and O–H groups in total. The fourth-order valence-corrected chi connectivity index (χ4v) is 2.51. The Morgan fingerprint density at radius 3 is 2.79 bits per heavy atom. The Labute approximate surface area is 114 Å². The third-order valence-corrected chi connectivity index (χ3v) is 3.97. The number of carbonyl (C=O) groups is 1. The molecule has 1 amide bonds. The Balaban J connectivity index is 2.20. The van der Waals surface area contributed by atoms with Crippen molar-refractivity contribution in [2.45, 2.75) is 32.4 Å². The van der Waals surface area contributed by atoms with Crippen LogP contribution in [0.3, 0.4) is 0 Å². The van der Waals surface area contributed by atoms with Crippen LogP contribution in [0.2, 0.25) is 0 Å². The molecule has 0 aliphatic carbocycles. The van der Waals surface area contributed by atoms with Crippen LogP contribution in [0.15, 0.2) is 0 Å². The van der Waals surface area contributed by atoms with Crippen molar-refractivity contribution in [1.82, 2.24) is 15.4 Å².